The lowest BCUT2D eigenvalue weighted by Gasteiger charge is -2.25. The molecule has 7 heteroatoms. The third kappa shape index (κ3) is 4.37. The first-order valence-electron chi connectivity index (χ1n) is 9.62. The molecule has 1 atom stereocenters. The first-order valence-corrected chi connectivity index (χ1v) is 9.62. The summed E-state index contributed by atoms with van der Waals surface area (Å²) in [7, 11) is 1.71. The van der Waals surface area contributed by atoms with Gasteiger partial charge in [0.2, 0.25) is 0 Å². The van der Waals surface area contributed by atoms with Gasteiger partial charge in [0.25, 0.3) is 0 Å². The van der Waals surface area contributed by atoms with Crippen molar-refractivity contribution in [2.24, 2.45) is 0 Å². The molecule has 1 aliphatic heterocycles. The number of benzene rings is 2. The van der Waals surface area contributed by atoms with E-state index in [0.717, 1.165) is 55.4 Å². The Morgan fingerprint density at radius 2 is 1.93 bits per heavy atom. The van der Waals surface area contributed by atoms with Crippen molar-refractivity contribution in [1.82, 2.24) is 25.1 Å². The summed E-state index contributed by atoms with van der Waals surface area (Å²) in [4.78, 5) is 2.33. The van der Waals surface area contributed by atoms with Gasteiger partial charge < -0.3 is 9.47 Å². The summed E-state index contributed by atoms with van der Waals surface area (Å²) >= 11 is 0. The molecule has 2 heterocycles. The fraction of sp³-hybridized carbons (Fsp3) is 0.381. The molecule has 4 rings (SSSR count). The van der Waals surface area contributed by atoms with E-state index in [2.05, 4.69) is 26.5 Å². The van der Waals surface area contributed by atoms with E-state index in [9.17, 15) is 0 Å². The average molecular weight is 379 g/mol. The van der Waals surface area contributed by atoms with Crippen molar-refractivity contribution in [2.75, 3.05) is 20.3 Å². The van der Waals surface area contributed by atoms with Gasteiger partial charge in [-0.05, 0) is 41.5 Å². The molecule has 3 aromatic rings. The average Bonchev–Trinajstić information content (AvgIpc) is 3.41. The second kappa shape index (κ2) is 8.95. The number of aromatic nitrogens is 4. The molecule has 0 radical (unpaired) electrons. The van der Waals surface area contributed by atoms with Crippen LogP contribution in [-0.4, -0.2) is 51.5 Å². The molecular formula is C21H25N5O2. The van der Waals surface area contributed by atoms with Crippen LogP contribution in [0.4, 0.5) is 0 Å². The minimum atomic E-state index is 0.246. The highest BCUT2D eigenvalue weighted by atomic mass is 16.5. The van der Waals surface area contributed by atoms with E-state index >= 15 is 0 Å². The van der Waals surface area contributed by atoms with Crippen LogP contribution in [-0.2, 0) is 17.8 Å². The van der Waals surface area contributed by atoms with Crippen LogP contribution in [0.3, 0.4) is 0 Å². The highest BCUT2D eigenvalue weighted by molar-refractivity contribution is 5.33. The minimum absolute atomic E-state index is 0.246. The normalized spacial score (nSPS) is 16.6. The third-order valence-corrected chi connectivity index (χ3v) is 4.97. The molecule has 1 fully saturated rings. The van der Waals surface area contributed by atoms with Gasteiger partial charge in [0.05, 0.1) is 25.4 Å². The standard InChI is InChI=1S/C21H25N5O2/c1-27-20-12-6-5-8-17(20)14-25(15-19-11-7-13-28-19)16-21-22-23-24-26(21)18-9-3-2-4-10-18/h2-6,8-10,12,19H,7,11,13-16H2,1H3. The van der Waals surface area contributed by atoms with E-state index in [-0.39, 0.29) is 6.10 Å². The Labute approximate surface area is 164 Å². The highest BCUT2D eigenvalue weighted by Crippen LogP contribution is 2.22. The Balaban J connectivity index is 1.57. The molecule has 0 N–H and O–H groups in total. The van der Waals surface area contributed by atoms with Crippen molar-refractivity contribution in [1.29, 1.82) is 0 Å². The van der Waals surface area contributed by atoms with Crippen LogP contribution in [0.15, 0.2) is 54.6 Å². The van der Waals surface area contributed by atoms with Crippen LogP contribution in [0.5, 0.6) is 5.75 Å². The predicted octanol–water partition coefficient (Wildman–Crippen LogP) is 2.85. The first-order chi connectivity index (χ1) is 13.8. The van der Waals surface area contributed by atoms with Gasteiger partial charge in [0, 0.05) is 25.3 Å². The molecule has 7 nitrogen and oxygen atoms in total. The Morgan fingerprint density at radius 3 is 2.71 bits per heavy atom. The summed E-state index contributed by atoms with van der Waals surface area (Å²) in [5, 5.41) is 12.4. The monoisotopic (exact) mass is 379 g/mol. The maximum Gasteiger partial charge on any atom is 0.170 e. The zero-order valence-electron chi connectivity index (χ0n) is 16.1. The Morgan fingerprint density at radius 1 is 1.11 bits per heavy atom. The number of nitrogens with zero attached hydrogens (tertiary/aromatic N) is 5. The summed E-state index contributed by atoms with van der Waals surface area (Å²) in [5.74, 6) is 1.70. The Kier molecular flexibility index (Phi) is 5.94. The molecule has 0 amide bonds. The fourth-order valence-corrected chi connectivity index (χ4v) is 3.61. The Hall–Kier alpha value is -2.77. The molecule has 1 saturated heterocycles. The van der Waals surface area contributed by atoms with Crippen LogP contribution in [0, 0.1) is 0 Å². The predicted molar refractivity (Wildman–Crippen MR) is 105 cm³/mol. The van der Waals surface area contributed by atoms with E-state index < -0.39 is 0 Å². The molecule has 1 unspecified atom stereocenters. The van der Waals surface area contributed by atoms with Gasteiger partial charge in [-0.25, -0.2) is 0 Å². The summed E-state index contributed by atoms with van der Waals surface area (Å²) in [6.07, 6.45) is 2.46. The first kappa shape index (κ1) is 18.6. The molecule has 0 spiro atoms. The number of tetrazole rings is 1. The van der Waals surface area contributed by atoms with E-state index in [1.807, 2.05) is 48.5 Å². The van der Waals surface area contributed by atoms with Crippen molar-refractivity contribution in [3.8, 4) is 11.4 Å². The maximum absolute atomic E-state index is 5.88. The van der Waals surface area contributed by atoms with Crippen molar-refractivity contribution >= 4 is 0 Å². The lowest BCUT2D eigenvalue weighted by atomic mass is 10.1. The van der Waals surface area contributed by atoms with Crippen LogP contribution in [0.2, 0.25) is 0 Å². The molecule has 0 bridgehead atoms. The number of hydrogen-bond acceptors (Lipinski definition) is 6. The topological polar surface area (TPSA) is 65.3 Å². The second-order valence-corrected chi connectivity index (χ2v) is 6.96. The van der Waals surface area contributed by atoms with Crippen molar-refractivity contribution in [3.63, 3.8) is 0 Å². The van der Waals surface area contributed by atoms with E-state index in [4.69, 9.17) is 9.47 Å². The lowest BCUT2D eigenvalue weighted by Crippen LogP contribution is -2.32. The quantitative estimate of drug-likeness (QED) is 0.600. The van der Waals surface area contributed by atoms with Gasteiger partial charge in [-0.3, -0.25) is 4.90 Å². The number of rotatable bonds is 8. The summed E-state index contributed by atoms with van der Waals surface area (Å²) in [5.41, 5.74) is 2.10. The van der Waals surface area contributed by atoms with Crippen LogP contribution in [0.1, 0.15) is 24.2 Å². The lowest BCUT2D eigenvalue weighted by molar-refractivity contribution is 0.0664. The summed E-state index contributed by atoms with van der Waals surface area (Å²) in [6, 6.07) is 18.1. The number of para-hydroxylation sites is 2. The molecular weight excluding hydrogens is 354 g/mol. The largest absolute Gasteiger partial charge is 0.496 e. The van der Waals surface area contributed by atoms with Crippen molar-refractivity contribution in [2.45, 2.75) is 32.0 Å². The maximum atomic E-state index is 5.88. The highest BCUT2D eigenvalue weighted by Gasteiger charge is 2.22. The van der Waals surface area contributed by atoms with E-state index in [1.165, 1.54) is 0 Å². The van der Waals surface area contributed by atoms with Crippen LogP contribution in [0.25, 0.3) is 5.69 Å². The third-order valence-electron chi connectivity index (χ3n) is 4.97. The molecule has 146 valence electrons. The van der Waals surface area contributed by atoms with Crippen LogP contribution >= 0.6 is 0 Å². The molecule has 28 heavy (non-hydrogen) atoms. The number of hydrogen-bond donors (Lipinski definition) is 0. The molecule has 0 aliphatic carbocycles. The van der Waals surface area contributed by atoms with Gasteiger partial charge in [0.1, 0.15) is 5.75 Å². The van der Waals surface area contributed by atoms with E-state index in [1.54, 1.807) is 11.8 Å². The SMILES string of the molecule is COc1ccccc1CN(Cc1nnnn1-c1ccccc1)CC1CCCO1. The molecule has 1 aliphatic rings. The summed E-state index contributed by atoms with van der Waals surface area (Å²) < 4.78 is 13.2. The summed E-state index contributed by atoms with van der Waals surface area (Å²) in [6.45, 7) is 3.04. The van der Waals surface area contributed by atoms with Gasteiger partial charge >= 0.3 is 0 Å². The second-order valence-electron chi connectivity index (χ2n) is 6.96. The number of ether oxygens (including phenoxy) is 2. The van der Waals surface area contributed by atoms with Gasteiger partial charge in [0.15, 0.2) is 5.82 Å². The smallest absolute Gasteiger partial charge is 0.170 e. The van der Waals surface area contributed by atoms with Crippen LogP contribution < -0.4 is 4.74 Å². The molecule has 0 saturated carbocycles. The van der Waals surface area contributed by atoms with Gasteiger partial charge in [-0.2, -0.15) is 4.68 Å². The minimum Gasteiger partial charge on any atom is -0.496 e. The fourth-order valence-electron chi connectivity index (χ4n) is 3.61. The van der Waals surface area contributed by atoms with Gasteiger partial charge in [-0.15, -0.1) is 5.10 Å². The molecule has 2 aromatic carbocycles. The van der Waals surface area contributed by atoms with E-state index in [0.29, 0.717) is 6.54 Å². The van der Waals surface area contributed by atoms with Crippen molar-refractivity contribution in [3.05, 3.63) is 66.0 Å². The Bertz CT molecular complexity index is 877. The zero-order valence-corrected chi connectivity index (χ0v) is 16.1. The molecule has 1 aromatic heterocycles. The number of methoxy groups -OCH3 is 1. The van der Waals surface area contributed by atoms with Gasteiger partial charge in [-0.1, -0.05) is 36.4 Å². The zero-order chi connectivity index (χ0) is 19.2. The van der Waals surface area contributed by atoms with Crippen molar-refractivity contribution < 1.29 is 9.47 Å².